The quantitative estimate of drug-likeness (QED) is 0.639. The summed E-state index contributed by atoms with van der Waals surface area (Å²) >= 11 is 0. The van der Waals surface area contributed by atoms with Crippen LogP contribution in [0.4, 0.5) is 0 Å². The lowest BCUT2D eigenvalue weighted by Crippen LogP contribution is -1.96. The van der Waals surface area contributed by atoms with Gasteiger partial charge in [-0.25, -0.2) is 0 Å². The standard InChI is InChI=1S/C18H24.H2S/c1-3-5-9-15-13-14-16-10-7-8-12-18(16)17(15)11-6-4-2;/h7-8,10,12-14H,3-6,9,11H2,1-2H3;1H2. The lowest BCUT2D eigenvalue weighted by molar-refractivity contribution is 0.762. The van der Waals surface area contributed by atoms with Gasteiger partial charge >= 0.3 is 0 Å². The third-order valence-corrected chi connectivity index (χ3v) is 3.72. The van der Waals surface area contributed by atoms with Gasteiger partial charge in [-0.3, -0.25) is 0 Å². The van der Waals surface area contributed by atoms with Crippen molar-refractivity contribution in [1.82, 2.24) is 0 Å². The van der Waals surface area contributed by atoms with Crippen LogP contribution in [0.1, 0.15) is 50.7 Å². The van der Waals surface area contributed by atoms with Crippen molar-refractivity contribution in [3.8, 4) is 0 Å². The molecule has 0 amide bonds. The van der Waals surface area contributed by atoms with Gasteiger partial charge in [0.1, 0.15) is 0 Å². The van der Waals surface area contributed by atoms with Crippen molar-refractivity contribution in [3.05, 3.63) is 47.5 Å². The molecule has 2 aromatic carbocycles. The van der Waals surface area contributed by atoms with E-state index in [1.165, 1.54) is 49.3 Å². The number of hydrogen-bond donors (Lipinski definition) is 0. The molecule has 0 spiro atoms. The molecule has 0 unspecified atom stereocenters. The number of rotatable bonds is 6. The third kappa shape index (κ3) is 4.01. The molecule has 0 aliphatic heterocycles. The molecule has 0 aromatic heterocycles. The van der Waals surface area contributed by atoms with E-state index in [1.807, 2.05) is 0 Å². The van der Waals surface area contributed by atoms with Crippen LogP contribution in [-0.4, -0.2) is 0 Å². The van der Waals surface area contributed by atoms with Gasteiger partial charge in [0.15, 0.2) is 0 Å². The Morgan fingerprint density at radius 3 is 2.21 bits per heavy atom. The number of benzene rings is 2. The first kappa shape index (κ1) is 16.1. The molecule has 0 nitrogen and oxygen atoms in total. The molecule has 19 heavy (non-hydrogen) atoms. The molecular formula is C18H26S. The molecule has 1 heteroatoms. The predicted octanol–water partition coefficient (Wildman–Crippen LogP) is 5.64. The van der Waals surface area contributed by atoms with Crippen molar-refractivity contribution in [1.29, 1.82) is 0 Å². The molecule has 0 heterocycles. The molecule has 0 saturated carbocycles. The van der Waals surface area contributed by atoms with Crippen molar-refractivity contribution < 1.29 is 0 Å². The number of aryl methyl sites for hydroxylation is 2. The predicted molar refractivity (Wildman–Crippen MR) is 91.6 cm³/mol. The van der Waals surface area contributed by atoms with Crippen LogP contribution in [0.3, 0.4) is 0 Å². The second-order valence-electron chi connectivity index (χ2n) is 5.13. The van der Waals surface area contributed by atoms with Crippen LogP contribution in [0.15, 0.2) is 36.4 Å². The average Bonchev–Trinajstić information content (AvgIpc) is 2.43. The number of fused-ring (bicyclic) bond motifs is 1. The summed E-state index contributed by atoms with van der Waals surface area (Å²) in [7, 11) is 0. The first-order valence-corrected chi connectivity index (χ1v) is 7.36. The first-order valence-electron chi connectivity index (χ1n) is 7.36. The van der Waals surface area contributed by atoms with E-state index in [-0.39, 0.29) is 13.5 Å². The summed E-state index contributed by atoms with van der Waals surface area (Å²) in [6.45, 7) is 4.55. The lowest BCUT2D eigenvalue weighted by atomic mass is 9.92. The smallest absolute Gasteiger partial charge is 0.0149 e. The summed E-state index contributed by atoms with van der Waals surface area (Å²) in [5.41, 5.74) is 3.17. The minimum Gasteiger partial charge on any atom is -0.197 e. The summed E-state index contributed by atoms with van der Waals surface area (Å²) in [5, 5.41) is 2.86. The van der Waals surface area contributed by atoms with Crippen molar-refractivity contribution in [3.63, 3.8) is 0 Å². The largest absolute Gasteiger partial charge is 0.197 e. The Labute approximate surface area is 124 Å². The molecule has 0 radical (unpaired) electrons. The van der Waals surface area contributed by atoms with Gasteiger partial charge < -0.3 is 0 Å². The summed E-state index contributed by atoms with van der Waals surface area (Å²) in [4.78, 5) is 0. The van der Waals surface area contributed by atoms with E-state index >= 15 is 0 Å². The monoisotopic (exact) mass is 274 g/mol. The van der Waals surface area contributed by atoms with Gasteiger partial charge in [0.2, 0.25) is 0 Å². The Bertz CT molecular complexity index is 502. The molecule has 0 aliphatic carbocycles. The summed E-state index contributed by atoms with van der Waals surface area (Å²) in [6.07, 6.45) is 7.62. The second-order valence-corrected chi connectivity index (χ2v) is 5.13. The van der Waals surface area contributed by atoms with Gasteiger partial charge in [0.05, 0.1) is 0 Å². The molecule has 2 rings (SSSR count). The maximum absolute atomic E-state index is 2.35. The first-order chi connectivity index (χ1) is 8.86. The number of hydrogen-bond acceptors (Lipinski definition) is 0. The lowest BCUT2D eigenvalue weighted by Gasteiger charge is -2.13. The van der Waals surface area contributed by atoms with Crippen LogP contribution in [0.25, 0.3) is 10.8 Å². The highest BCUT2D eigenvalue weighted by atomic mass is 32.1. The van der Waals surface area contributed by atoms with E-state index in [4.69, 9.17) is 0 Å². The summed E-state index contributed by atoms with van der Waals surface area (Å²) < 4.78 is 0. The zero-order valence-electron chi connectivity index (χ0n) is 12.2. The Morgan fingerprint density at radius 1 is 0.789 bits per heavy atom. The Morgan fingerprint density at radius 2 is 1.47 bits per heavy atom. The zero-order valence-corrected chi connectivity index (χ0v) is 13.2. The van der Waals surface area contributed by atoms with Crippen molar-refractivity contribution in [2.75, 3.05) is 0 Å². The van der Waals surface area contributed by atoms with Crippen LogP contribution < -0.4 is 0 Å². The van der Waals surface area contributed by atoms with E-state index in [1.54, 1.807) is 11.1 Å². The fraction of sp³-hybridized carbons (Fsp3) is 0.444. The van der Waals surface area contributed by atoms with E-state index in [0.717, 1.165) is 0 Å². The molecule has 2 aromatic rings. The fourth-order valence-electron chi connectivity index (χ4n) is 2.63. The Hall–Kier alpha value is -0.950. The normalized spacial score (nSPS) is 10.4. The number of unbranched alkanes of at least 4 members (excludes halogenated alkanes) is 2. The Kier molecular flexibility index (Phi) is 7.01. The summed E-state index contributed by atoms with van der Waals surface area (Å²) in [5.74, 6) is 0. The fourth-order valence-corrected chi connectivity index (χ4v) is 2.63. The van der Waals surface area contributed by atoms with E-state index < -0.39 is 0 Å². The maximum atomic E-state index is 2.35. The average molecular weight is 274 g/mol. The van der Waals surface area contributed by atoms with Crippen molar-refractivity contribution in [2.45, 2.75) is 52.4 Å². The van der Waals surface area contributed by atoms with E-state index in [9.17, 15) is 0 Å². The molecule has 0 N–H and O–H groups in total. The Balaban J connectivity index is 0.00000180. The SMILES string of the molecule is CCCCc1ccc2ccccc2c1CCCC.S. The van der Waals surface area contributed by atoms with E-state index in [2.05, 4.69) is 50.2 Å². The minimum atomic E-state index is 0. The van der Waals surface area contributed by atoms with Crippen LogP contribution in [-0.2, 0) is 12.8 Å². The highest BCUT2D eigenvalue weighted by Gasteiger charge is 2.06. The van der Waals surface area contributed by atoms with Crippen LogP contribution in [0.5, 0.6) is 0 Å². The van der Waals surface area contributed by atoms with Gasteiger partial charge in [0, 0.05) is 0 Å². The van der Waals surface area contributed by atoms with E-state index in [0.29, 0.717) is 0 Å². The van der Waals surface area contributed by atoms with Crippen molar-refractivity contribution in [2.24, 2.45) is 0 Å². The van der Waals surface area contributed by atoms with Crippen LogP contribution >= 0.6 is 13.5 Å². The van der Waals surface area contributed by atoms with Gasteiger partial charge in [-0.1, -0.05) is 63.1 Å². The highest BCUT2D eigenvalue weighted by Crippen LogP contribution is 2.25. The molecule has 104 valence electrons. The van der Waals surface area contributed by atoms with Crippen molar-refractivity contribution >= 4 is 24.3 Å². The molecular weight excluding hydrogens is 248 g/mol. The van der Waals surface area contributed by atoms with Gasteiger partial charge in [0.25, 0.3) is 0 Å². The zero-order chi connectivity index (χ0) is 12.8. The van der Waals surface area contributed by atoms with Gasteiger partial charge in [-0.15, -0.1) is 0 Å². The highest BCUT2D eigenvalue weighted by molar-refractivity contribution is 7.59. The van der Waals surface area contributed by atoms with Gasteiger partial charge in [-0.05, 0) is 47.6 Å². The maximum Gasteiger partial charge on any atom is -0.0149 e. The molecule has 0 saturated heterocycles. The molecule has 0 fully saturated rings. The second kappa shape index (κ2) is 8.27. The van der Waals surface area contributed by atoms with Crippen LogP contribution in [0.2, 0.25) is 0 Å². The molecule has 0 atom stereocenters. The minimum absolute atomic E-state index is 0. The van der Waals surface area contributed by atoms with Crippen LogP contribution in [0, 0.1) is 0 Å². The third-order valence-electron chi connectivity index (χ3n) is 3.72. The van der Waals surface area contributed by atoms with Gasteiger partial charge in [-0.2, -0.15) is 13.5 Å². The molecule has 0 aliphatic rings. The topological polar surface area (TPSA) is 0 Å². The molecule has 0 bridgehead atoms. The summed E-state index contributed by atoms with van der Waals surface area (Å²) in [6, 6.07) is 13.5.